The molecule has 1 amide bonds. The third-order valence-electron chi connectivity index (χ3n) is 5.61. The number of nitrogens with two attached hydrogens (primary N) is 1. The summed E-state index contributed by atoms with van der Waals surface area (Å²) in [5.74, 6) is 1.03. The van der Waals surface area contributed by atoms with Gasteiger partial charge in [-0.25, -0.2) is 4.98 Å². The van der Waals surface area contributed by atoms with Crippen LogP contribution in [-0.4, -0.2) is 34.8 Å². The van der Waals surface area contributed by atoms with Crippen LogP contribution in [-0.2, 0) is 11.3 Å². The molecule has 2 atom stereocenters. The van der Waals surface area contributed by atoms with Crippen LogP contribution in [0.15, 0.2) is 35.7 Å². The van der Waals surface area contributed by atoms with Crippen molar-refractivity contribution in [2.45, 2.75) is 38.5 Å². The third kappa shape index (κ3) is 3.46. The summed E-state index contributed by atoms with van der Waals surface area (Å²) in [6.07, 6.45) is 1.94. The molecule has 1 fully saturated rings. The van der Waals surface area contributed by atoms with Gasteiger partial charge in [0, 0.05) is 24.2 Å². The highest BCUT2D eigenvalue weighted by Crippen LogP contribution is 2.38. The van der Waals surface area contributed by atoms with Gasteiger partial charge in [0.25, 0.3) is 5.91 Å². The molecule has 1 aromatic carbocycles. The fourth-order valence-electron chi connectivity index (χ4n) is 4.03. The highest BCUT2D eigenvalue weighted by Gasteiger charge is 2.27. The Balaban J connectivity index is 1.45. The first-order valence-corrected chi connectivity index (χ1v) is 10.9. The minimum atomic E-state index is -0.434. The van der Waals surface area contributed by atoms with E-state index in [0.29, 0.717) is 18.7 Å². The van der Waals surface area contributed by atoms with E-state index in [1.165, 1.54) is 11.3 Å². The molecule has 0 bridgehead atoms. The molecule has 8 heteroatoms. The van der Waals surface area contributed by atoms with Crippen molar-refractivity contribution in [3.8, 4) is 22.9 Å². The van der Waals surface area contributed by atoms with E-state index in [9.17, 15) is 4.79 Å². The van der Waals surface area contributed by atoms with Crippen LogP contribution in [0.5, 0.6) is 11.5 Å². The maximum absolute atomic E-state index is 11.9. The summed E-state index contributed by atoms with van der Waals surface area (Å²) in [5.41, 5.74) is 8.64. The molecule has 2 aliphatic rings. The molecule has 0 saturated carbocycles. The maximum Gasteiger partial charge on any atom is 0.250 e. The molecule has 2 aliphatic heterocycles. The van der Waals surface area contributed by atoms with E-state index in [4.69, 9.17) is 24.9 Å². The van der Waals surface area contributed by atoms with Crippen molar-refractivity contribution < 1.29 is 19.0 Å². The Morgan fingerprint density at radius 1 is 1.33 bits per heavy atom. The second-order valence-corrected chi connectivity index (χ2v) is 8.46. The maximum atomic E-state index is 11.9. The molecule has 2 N–H and O–H groups in total. The number of para-hydroxylation sites is 2. The normalized spacial score (nSPS) is 20.4. The Bertz CT molecular complexity index is 1080. The van der Waals surface area contributed by atoms with E-state index in [1.807, 2.05) is 42.6 Å². The van der Waals surface area contributed by atoms with Crippen LogP contribution >= 0.6 is 11.3 Å². The summed E-state index contributed by atoms with van der Waals surface area (Å²) < 4.78 is 19.8. The fourth-order valence-corrected chi connectivity index (χ4v) is 4.85. The molecule has 3 aromatic rings. The Kier molecular flexibility index (Phi) is 4.96. The largest absolute Gasteiger partial charge is 0.485 e. The van der Waals surface area contributed by atoms with Gasteiger partial charge in [-0.15, -0.1) is 11.3 Å². The minimum absolute atomic E-state index is 0.139. The smallest absolute Gasteiger partial charge is 0.250 e. The highest BCUT2D eigenvalue weighted by molar-refractivity contribution is 7.10. The summed E-state index contributed by atoms with van der Waals surface area (Å²) in [6, 6.07) is 9.46. The number of thiazole rings is 1. The van der Waals surface area contributed by atoms with Gasteiger partial charge in [-0.2, -0.15) is 0 Å². The van der Waals surface area contributed by atoms with Gasteiger partial charge in [-0.1, -0.05) is 12.1 Å². The number of primary amides is 1. The summed E-state index contributed by atoms with van der Waals surface area (Å²) in [6.45, 7) is 3.79. The Morgan fingerprint density at radius 3 is 2.93 bits per heavy atom. The van der Waals surface area contributed by atoms with Crippen LogP contribution < -0.4 is 15.2 Å². The zero-order valence-electron chi connectivity index (χ0n) is 16.7. The standard InChI is InChI=1S/C22H23N3O4S/c1-13-15(21(23)26)9-17(25(13)10-14-5-4-8-27-14)16-12-30-22(24-16)20-11-28-18-6-2-3-7-19(18)29-20/h2-3,6-7,9,12,14,20H,4-5,8,10-11H2,1H3,(H2,23,26). The lowest BCUT2D eigenvalue weighted by Gasteiger charge is -2.24. The predicted molar refractivity (Wildman–Crippen MR) is 113 cm³/mol. The average Bonchev–Trinajstić information content (AvgIpc) is 3.49. The molecular formula is C22H23N3O4S. The average molecular weight is 426 g/mol. The molecule has 2 unspecified atom stereocenters. The van der Waals surface area contributed by atoms with Gasteiger partial charge in [-0.05, 0) is 38.0 Å². The van der Waals surface area contributed by atoms with Crippen molar-refractivity contribution >= 4 is 17.2 Å². The number of rotatable bonds is 5. The number of benzene rings is 1. The second kappa shape index (κ2) is 7.77. The molecule has 156 valence electrons. The lowest BCUT2D eigenvalue weighted by Crippen LogP contribution is -2.21. The molecule has 7 nitrogen and oxygen atoms in total. The van der Waals surface area contributed by atoms with Gasteiger partial charge in [-0.3, -0.25) is 4.79 Å². The number of nitrogens with zero attached hydrogens (tertiary/aromatic N) is 2. The Morgan fingerprint density at radius 2 is 2.17 bits per heavy atom. The van der Waals surface area contributed by atoms with Crippen LogP contribution in [0.25, 0.3) is 11.4 Å². The van der Waals surface area contributed by atoms with Crippen LogP contribution in [0.4, 0.5) is 0 Å². The summed E-state index contributed by atoms with van der Waals surface area (Å²) in [5, 5.41) is 2.83. The molecule has 0 radical (unpaired) electrons. The molecule has 1 saturated heterocycles. The fraction of sp³-hybridized carbons (Fsp3) is 0.364. The summed E-state index contributed by atoms with van der Waals surface area (Å²) in [7, 11) is 0. The van der Waals surface area contributed by atoms with Crippen molar-refractivity contribution in [1.82, 2.24) is 9.55 Å². The van der Waals surface area contributed by atoms with E-state index in [0.717, 1.165) is 53.0 Å². The van der Waals surface area contributed by atoms with Crippen molar-refractivity contribution in [3.05, 3.63) is 52.0 Å². The molecule has 2 aromatic heterocycles. The van der Waals surface area contributed by atoms with Gasteiger partial charge >= 0.3 is 0 Å². The second-order valence-electron chi connectivity index (χ2n) is 7.57. The predicted octanol–water partition coefficient (Wildman–Crippen LogP) is 3.71. The van der Waals surface area contributed by atoms with E-state index in [2.05, 4.69) is 4.57 Å². The molecule has 5 rings (SSSR count). The first kappa shape index (κ1) is 19.1. The van der Waals surface area contributed by atoms with Crippen LogP contribution in [0, 0.1) is 6.92 Å². The van der Waals surface area contributed by atoms with E-state index < -0.39 is 5.91 Å². The number of ether oxygens (including phenoxy) is 3. The third-order valence-corrected chi connectivity index (χ3v) is 6.55. The lowest BCUT2D eigenvalue weighted by atomic mass is 10.2. The zero-order chi connectivity index (χ0) is 20.7. The van der Waals surface area contributed by atoms with Crippen molar-refractivity contribution in [1.29, 1.82) is 0 Å². The number of carbonyl (C=O) groups excluding carboxylic acids is 1. The molecule has 30 heavy (non-hydrogen) atoms. The van der Waals surface area contributed by atoms with E-state index in [-0.39, 0.29) is 12.2 Å². The molecule has 0 aliphatic carbocycles. The first-order valence-electron chi connectivity index (χ1n) is 10.1. The lowest BCUT2D eigenvalue weighted by molar-refractivity contribution is 0.0911. The molecule has 4 heterocycles. The number of fused-ring (bicyclic) bond motifs is 1. The Labute approximate surface area is 178 Å². The van der Waals surface area contributed by atoms with Gasteiger partial charge in [0.15, 0.2) is 17.6 Å². The van der Waals surface area contributed by atoms with Crippen molar-refractivity contribution in [2.75, 3.05) is 13.2 Å². The van der Waals surface area contributed by atoms with Gasteiger partial charge in [0.05, 0.1) is 23.1 Å². The number of hydrogen-bond donors (Lipinski definition) is 1. The summed E-state index contributed by atoms with van der Waals surface area (Å²) in [4.78, 5) is 16.8. The van der Waals surface area contributed by atoms with E-state index in [1.54, 1.807) is 0 Å². The SMILES string of the molecule is Cc1c(C(N)=O)cc(-c2csc(C3COc4ccccc4O3)n2)n1CC1CCCO1. The molecule has 0 spiro atoms. The van der Waals surface area contributed by atoms with Gasteiger partial charge in [0.2, 0.25) is 0 Å². The number of carbonyl (C=O) groups is 1. The number of aromatic nitrogens is 2. The monoisotopic (exact) mass is 425 g/mol. The van der Waals surface area contributed by atoms with Gasteiger partial charge < -0.3 is 24.5 Å². The minimum Gasteiger partial charge on any atom is -0.485 e. The van der Waals surface area contributed by atoms with Crippen LogP contribution in [0.3, 0.4) is 0 Å². The van der Waals surface area contributed by atoms with Crippen molar-refractivity contribution in [3.63, 3.8) is 0 Å². The summed E-state index contributed by atoms with van der Waals surface area (Å²) >= 11 is 1.52. The first-order chi connectivity index (χ1) is 14.6. The van der Waals surface area contributed by atoms with Crippen LogP contribution in [0.2, 0.25) is 0 Å². The Hall–Kier alpha value is -2.84. The highest BCUT2D eigenvalue weighted by atomic mass is 32.1. The quantitative estimate of drug-likeness (QED) is 0.673. The van der Waals surface area contributed by atoms with Crippen LogP contribution in [0.1, 0.15) is 40.0 Å². The van der Waals surface area contributed by atoms with E-state index >= 15 is 0 Å². The number of hydrogen-bond acceptors (Lipinski definition) is 6. The topological polar surface area (TPSA) is 88.6 Å². The van der Waals surface area contributed by atoms with Crippen molar-refractivity contribution in [2.24, 2.45) is 5.73 Å². The molecular weight excluding hydrogens is 402 g/mol. The number of amides is 1. The zero-order valence-corrected chi connectivity index (χ0v) is 17.5. The van der Waals surface area contributed by atoms with Gasteiger partial charge in [0.1, 0.15) is 11.6 Å².